The van der Waals surface area contributed by atoms with Crippen LogP contribution in [0.1, 0.15) is 56.0 Å². The molecule has 34 heavy (non-hydrogen) atoms. The van der Waals surface area contributed by atoms with Crippen LogP contribution >= 0.6 is 0 Å². The lowest BCUT2D eigenvalue weighted by Gasteiger charge is -2.19. The summed E-state index contributed by atoms with van der Waals surface area (Å²) in [6.07, 6.45) is 1.24. The Labute approximate surface area is 196 Å². The summed E-state index contributed by atoms with van der Waals surface area (Å²) in [4.78, 5) is 15.3. The molecule has 0 saturated heterocycles. The highest BCUT2D eigenvalue weighted by molar-refractivity contribution is 5.80. The molecule has 1 N–H and O–H groups in total. The molecule has 0 unspecified atom stereocenters. The van der Waals surface area contributed by atoms with E-state index in [1.165, 1.54) is 10.7 Å². The van der Waals surface area contributed by atoms with E-state index in [1.807, 2.05) is 13.1 Å². The molecule has 3 rings (SSSR count). The predicted octanol–water partition coefficient (Wildman–Crippen LogP) is 5.61. The van der Waals surface area contributed by atoms with E-state index in [1.54, 1.807) is 38.1 Å². The fourth-order valence-corrected chi connectivity index (χ4v) is 3.45. The van der Waals surface area contributed by atoms with Crippen molar-refractivity contribution in [3.05, 3.63) is 71.2 Å². The van der Waals surface area contributed by atoms with Crippen LogP contribution in [0.25, 0.3) is 5.82 Å². The van der Waals surface area contributed by atoms with Gasteiger partial charge in [-0.25, -0.2) is 9.67 Å². The normalized spacial score (nSPS) is 12.1. The highest BCUT2D eigenvalue weighted by Gasteiger charge is 2.31. The molecule has 0 saturated carbocycles. The second-order valence-corrected chi connectivity index (χ2v) is 8.60. The van der Waals surface area contributed by atoms with Gasteiger partial charge in [0.25, 0.3) is 0 Å². The second-order valence-electron chi connectivity index (χ2n) is 8.60. The van der Waals surface area contributed by atoms with E-state index in [0.29, 0.717) is 36.6 Å². The Hall–Kier alpha value is -3.36. The maximum Gasteiger partial charge on any atom is 0.417 e. The van der Waals surface area contributed by atoms with Crippen molar-refractivity contribution < 1.29 is 27.8 Å². The van der Waals surface area contributed by atoms with Crippen LogP contribution in [-0.2, 0) is 29.2 Å². The van der Waals surface area contributed by atoms with Crippen LogP contribution in [0.5, 0.6) is 5.75 Å². The van der Waals surface area contributed by atoms with Gasteiger partial charge in [0.1, 0.15) is 5.75 Å². The number of rotatable bonds is 10. The number of carboxylic acids is 1. The first-order valence-electron chi connectivity index (χ1n) is 11.1. The van der Waals surface area contributed by atoms with Crippen molar-refractivity contribution >= 4 is 5.97 Å². The first-order valence-corrected chi connectivity index (χ1v) is 11.1. The summed E-state index contributed by atoms with van der Waals surface area (Å²) in [5.74, 6) is 0.0942. The third kappa shape index (κ3) is 5.95. The Bertz CT molecular complexity index is 1110. The molecule has 0 fully saturated rings. The van der Waals surface area contributed by atoms with E-state index in [4.69, 9.17) is 4.74 Å². The lowest BCUT2D eigenvalue weighted by molar-refractivity contribution is -0.142. The van der Waals surface area contributed by atoms with Gasteiger partial charge in [-0.2, -0.15) is 18.3 Å². The number of aliphatic carboxylic acids is 1. The highest BCUT2D eigenvalue weighted by Crippen LogP contribution is 2.29. The summed E-state index contributed by atoms with van der Waals surface area (Å²) in [5, 5.41) is 13.9. The van der Waals surface area contributed by atoms with Gasteiger partial charge in [-0.15, -0.1) is 0 Å². The van der Waals surface area contributed by atoms with Crippen LogP contribution in [-0.4, -0.2) is 32.4 Å². The monoisotopic (exact) mass is 475 g/mol. The standard InChI is InChI=1S/C25H28F3N3O3/c1-4-6-21-17(16-31(30-21)22-13-10-19(15-29-22)25(26,27)28)7-5-14-34-20-11-8-18(9-12-20)24(2,3)23(32)33/h8-13,15-16H,4-7,14H2,1-3H3,(H,32,33). The summed E-state index contributed by atoms with van der Waals surface area (Å²) in [5.41, 5.74) is 0.821. The minimum atomic E-state index is -4.43. The van der Waals surface area contributed by atoms with Gasteiger partial charge in [-0.3, -0.25) is 4.79 Å². The van der Waals surface area contributed by atoms with Crippen molar-refractivity contribution in [2.45, 2.75) is 58.0 Å². The molecule has 2 aromatic heterocycles. The van der Waals surface area contributed by atoms with Crippen LogP contribution in [0.4, 0.5) is 13.2 Å². The Balaban J connectivity index is 1.61. The number of aromatic nitrogens is 3. The maximum atomic E-state index is 12.8. The number of alkyl halides is 3. The van der Waals surface area contributed by atoms with Gasteiger partial charge >= 0.3 is 12.1 Å². The topological polar surface area (TPSA) is 77.2 Å². The van der Waals surface area contributed by atoms with Crippen LogP contribution in [0, 0.1) is 0 Å². The number of aryl methyl sites for hydroxylation is 2. The molecule has 3 aromatic rings. The van der Waals surface area contributed by atoms with Gasteiger partial charge in [0.2, 0.25) is 0 Å². The molecule has 182 valence electrons. The summed E-state index contributed by atoms with van der Waals surface area (Å²) < 4.78 is 45.7. The lowest BCUT2D eigenvalue weighted by Crippen LogP contribution is -2.28. The van der Waals surface area contributed by atoms with Crippen molar-refractivity contribution in [3.8, 4) is 11.6 Å². The van der Waals surface area contributed by atoms with E-state index in [0.717, 1.165) is 36.4 Å². The van der Waals surface area contributed by atoms with Gasteiger partial charge < -0.3 is 9.84 Å². The van der Waals surface area contributed by atoms with Crippen molar-refractivity contribution in [2.24, 2.45) is 0 Å². The number of hydrogen-bond donors (Lipinski definition) is 1. The average Bonchev–Trinajstić information content (AvgIpc) is 3.19. The maximum absolute atomic E-state index is 12.8. The molecule has 0 bridgehead atoms. The molecular weight excluding hydrogens is 447 g/mol. The lowest BCUT2D eigenvalue weighted by atomic mass is 9.85. The number of hydrogen-bond acceptors (Lipinski definition) is 4. The van der Waals surface area contributed by atoms with Crippen molar-refractivity contribution in [2.75, 3.05) is 6.61 Å². The number of nitrogens with zero attached hydrogens (tertiary/aromatic N) is 3. The molecule has 0 aliphatic carbocycles. The van der Waals surface area contributed by atoms with E-state index < -0.39 is 23.1 Å². The zero-order valence-corrected chi connectivity index (χ0v) is 19.4. The van der Waals surface area contributed by atoms with Gasteiger partial charge in [0, 0.05) is 12.4 Å². The predicted molar refractivity (Wildman–Crippen MR) is 121 cm³/mol. The van der Waals surface area contributed by atoms with Crippen LogP contribution in [0.3, 0.4) is 0 Å². The molecule has 0 aliphatic rings. The first kappa shape index (κ1) is 25.3. The highest BCUT2D eigenvalue weighted by atomic mass is 19.4. The summed E-state index contributed by atoms with van der Waals surface area (Å²) in [6, 6.07) is 9.34. The number of carboxylic acid groups (broad SMARTS) is 1. The van der Waals surface area contributed by atoms with Gasteiger partial charge in [-0.1, -0.05) is 25.5 Å². The van der Waals surface area contributed by atoms with Crippen molar-refractivity contribution in [1.82, 2.24) is 14.8 Å². The quantitative estimate of drug-likeness (QED) is 0.386. The SMILES string of the molecule is CCCc1nn(-c2ccc(C(F)(F)F)cn2)cc1CCCOc1ccc(C(C)(C)C(=O)O)cc1. The number of ether oxygens (including phenoxy) is 1. The summed E-state index contributed by atoms with van der Waals surface area (Å²) in [6.45, 7) is 5.80. The molecular formula is C25H28F3N3O3. The van der Waals surface area contributed by atoms with Crippen molar-refractivity contribution in [1.29, 1.82) is 0 Å². The van der Waals surface area contributed by atoms with Gasteiger partial charge in [0.15, 0.2) is 5.82 Å². The molecule has 0 atom stereocenters. The Morgan fingerprint density at radius 3 is 2.29 bits per heavy atom. The molecule has 0 radical (unpaired) electrons. The molecule has 9 heteroatoms. The average molecular weight is 476 g/mol. The largest absolute Gasteiger partial charge is 0.494 e. The van der Waals surface area contributed by atoms with Crippen LogP contribution < -0.4 is 4.74 Å². The smallest absolute Gasteiger partial charge is 0.417 e. The molecule has 1 aromatic carbocycles. The number of carbonyl (C=O) groups is 1. The van der Waals surface area contributed by atoms with Gasteiger partial charge in [0.05, 0.1) is 23.3 Å². The molecule has 0 amide bonds. The number of halogens is 3. The Morgan fingerprint density at radius 1 is 1.06 bits per heavy atom. The molecule has 6 nitrogen and oxygen atoms in total. The van der Waals surface area contributed by atoms with E-state index >= 15 is 0 Å². The number of pyridine rings is 1. The van der Waals surface area contributed by atoms with Crippen molar-refractivity contribution in [3.63, 3.8) is 0 Å². The van der Waals surface area contributed by atoms with Crippen LogP contribution in [0.2, 0.25) is 0 Å². The van der Waals surface area contributed by atoms with Gasteiger partial charge in [-0.05, 0) is 68.5 Å². The minimum absolute atomic E-state index is 0.331. The van der Waals surface area contributed by atoms with E-state index in [2.05, 4.69) is 10.1 Å². The fraction of sp³-hybridized carbons (Fsp3) is 0.400. The third-order valence-corrected chi connectivity index (χ3v) is 5.64. The van der Waals surface area contributed by atoms with Crippen LogP contribution in [0.15, 0.2) is 48.8 Å². The Kier molecular flexibility index (Phi) is 7.64. The zero-order valence-electron chi connectivity index (χ0n) is 19.4. The second kappa shape index (κ2) is 10.3. The fourth-order valence-electron chi connectivity index (χ4n) is 3.45. The van der Waals surface area contributed by atoms with E-state index in [9.17, 15) is 23.1 Å². The minimum Gasteiger partial charge on any atom is -0.494 e. The Morgan fingerprint density at radius 2 is 1.74 bits per heavy atom. The molecule has 2 heterocycles. The summed E-state index contributed by atoms with van der Waals surface area (Å²) in [7, 11) is 0. The number of benzene rings is 1. The zero-order chi connectivity index (χ0) is 24.9. The first-order chi connectivity index (χ1) is 16.0. The summed E-state index contributed by atoms with van der Waals surface area (Å²) >= 11 is 0. The molecule has 0 spiro atoms. The van der Waals surface area contributed by atoms with E-state index in [-0.39, 0.29) is 0 Å². The molecule has 0 aliphatic heterocycles. The third-order valence-electron chi connectivity index (χ3n) is 5.64.